The van der Waals surface area contributed by atoms with Crippen molar-refractivity contribution in [3.8, 4) is 66.8 Å². The van der Waals surface area contributed by atoms with Crippen molar-refractivity contribution >= 4 is 27.8 Å². The molecule has 0 amide bonds. The predicted octanol–water partition coefficient (Wildman–Crippen LogP) is 15.3. The lowest BCUT2D eigenvalue weighted by Crippen LogP contribution is -2.16. The van der Waals surface area contributed by atoms with Crippen LogP contribution in [0, 0.1) is 0 Å². The molecule has 0 saturated carbocycles. The number of hydrogen-bond acceptors (Lipinski definition) is 1. The molecule has 56 heavy (non-hydrogen) atoms. The highest BCUT2D eigenvalue weighted by Crippen LogP contribution is 2.55. The number of hydrogen-bond donors (Lipinski definition) is 0. The summed E-state index contributed by atoms with van der Waals surface area (Å²) in [5, 5.41) is 2.51. The van der Waals surface area contributed by atoms with Crippen molar-refractivity contribution in [2.45, 2.75) is 19.3 Å². The monoisotopic (exact) mass is 713 g/mol. The van der Waals surface area contributed by atoms with Crippen LogP contribution in [-0.2, 0) is 5.41 Å². The Hall–Kier alpha value is -6.96. The summed E-state index contributed by atoms with van der Waals surface area (Å²) in [6.45, 7) is 4.73. The van der Waals surface area contributed by atoms with Crippen LogP contribution < -0.4 is 4.90 Å². The Morgan fingerprint density at radius 3 is 1.45 bits per heavy atom. The van der Waals surface area contributed by atoms with Gasteiger partial charge in [0.2, 0.25) is 0 Å². The summed E-state index contributed by atoms with van der Waals surface area (Å²) in [6.07, 6.45) is 0. The molecule has 0 heterocycles. The topological polar surface area (TPSA) is 3.24 Å². The first-order valence-corrected chi connectivity index (χ1v) is 19.6. The van der Waals surface area contributed by atoms with Gasteiger partial charge in [-0.1, -0.05) is 178 Å². The van der Waals surface area contributed by atoms with Crippen LogP contribution in [0.1, 0.15) is 25.0 Å². The van der Waals surface area contributed by atoms with E-state index in [0.29, 0.717) is 0 Å². The van der Waals surface area contributed by atoms with Crippen molar-refractivity contribution in [1.82, 2.24) is 0 Å². The summed E-state index contributed by atoms with van der Waals surface area (Å²) in [5.74, 6) is 0. The summed E-state index contributed by atoms with van der Waals surface area (Å²) in [4.78, 5) is 2.49. The molecule has 9 aromatic rings. The largest absolute Gasteiger partial charge is 0.310 e. The summed E-state index contributed by atoms with van der Waals surface area (Å²) < 4.78 is 0. The van der Waals surface area contributed by atoms with Crippen molar-refractivity contribution in [1.29, 1.82) is 0 Å². The van der Waals surface area contributed by atoms with Crippen molar-refractivity contribution < 1.29 is 0 Å². The molecule has 0 unspecified atom stereocenters. The van der Waals surface area contributed by atoms with Crippen LogP contribution >= 0.6 is 0 Å². The van der Waals surface area contributed by atoms with Gasteiger partial charge in [-0.25, -0.2) is 0 Å². The van der Waals surface area contributed by atoms with Crippen molar-refractivity contribution in [3.05, 3.63) is 211 Å². The highest BCUT2D eigenvalue weighted by atomic mass is 15.1. The molecule has 0 atom stereocenters. The Morgan fingerprint density at radius 2 is 0.804 bits per heavy atom. The lowest BCUT2D eigenvalue weighted by molar-refractivity contribution is 0.660. The maximum Gasteiger partial charge on any atom is 0.0543 e. The van der Waals surface area contributed by atoms with E-state index in [1.807, 2.05) is 0 Å². The van der Waals surface area contributed by atoms with E-state index in [1.54, 1.807) is 0 Å². The Kier molecular flexibility index (Phi) is 7.28. The van der Waals surface area contributed by atoms with E-state index in [0.717, 1.165) is 11.4 Å². The molecule has 2 aliphatic rings. The van der Waals surface area contributed by atoms with Gasteiger partial charge in [-0.05, 0) is 119 Å². The maximum atomic E-state index is 2.49. The molecule has 0 spiro atoms. The Labute approximate surface area is 328 Å². The van der Waals surface area contributed by atoms with Crippen LogP contribution in [0.4, 0.5) is 17.1 Å². The summed E-state index contributed by atoms with van der Waals surface area (Å²) >= 11 is 0. The van der Waals surface area contributed by atoms with Gasteiger partial charge in [-0.15, -0.1) is 0 Å². The number of benzene rings is 9. The first-order chi connectivity index (χ1) is 27.5. The molecule has 2 aliphatic carbocycles. The zero-order chi connectivity index (χ0) is 37.4. The minimum atomic E-state index is -0.115. The van der Waals surface area contributed by atoms with Crippen LogP contribution in [0.15, 0.2) is 200 Å². The van der Waals surface area contributed by atoms with Gasteiger partial charge in [0, 0.05) is 22.4 Å². The number of fused-ring (bicyclic) bond motifs is 12. The number of rotatable bonds is 4. The zero-order valence-corrected chi connectivity index (χ0v) is 31.5. The van der Waals surface area contributed by atoms with Crippen molar-refractivity contribution in [2.24, 2.45) is 0 Å². The zero-order valence-electron chi connectivity index (χ0n) is 31.5. The molecule has 0 aliphatic heterocycles. The molecule has 9 aromatic carbocycles. The summed E-state index contributed by atoms with van der Waals surface area (Å²) in [6, 6.07) is 74.1. The molecule has 0 N–H and O–H groups in total. The number of anilines is 3. The molecule has 11 rings (SSSR count). The lowest BCUT2D eigenvalue weighted by Gasteiger charge is -2.30. The molecule has 264 valence electrons. The molecule has 0 fully saturated rings. The van der Waals surface area contributed by atoms with Crippen molar-refractivity contribution in [3.63, 3.8) is 0 Å². The third-order valence-corrected chi connectivity index (χ3v) is 12.2. The first-order valence-electron chi connectivity index (χ1n) is 19.6. The van der Waals surface area contributed by atoms with Gasteiger partial charge in [-0.3, -0.25) is 0 Å². The minimum Gasteiger partial charge on any atom is -0.310 e. The quantitative estimate of drug-likeness (QED) is 0.175. The lowest BCUT2D eigenvalue weighted by atomic mass is 9.80. The van der Waals surface area contributed by atoms with Gasteiger partial charge in [0.25, 0.3) is 0 Å². The van der Waals surface area contributed by atoms with E-state index < -0.39 is 0 Å². The van der Waals surface area contributed by atoms with Gasteiger partial charge in [0.05, 0.1) is 5.69 Å². The SMILES string of the molecule is CC1(C)c2ccccc2-c2c(N(c3ccc(-c4ccc5ccccc5c4)cc3)c3ccc4c(c3)-c3ccccc3-c3ccccc3-c3ccccc3-4)cccc21. The fraction of sp³-hybridized carbons (Fsp3) is 0.0545. The van der Waals surface area contributed by atoms with Gasteiger partial charge < -0.3 is 4.90 Å². The summed E-state index contributed by atoms with van der Waals surface area (Å²) in [5.41, 5.74) is 21.1. The first kappa shape index (κ1) is 32.5. The number of nitrogens with zero attached hydrogens (tertiary/aromatic N) is 1. The van der Waals surface area contributed by atoms with E-state index in [2.05, 4.69) is 219 Å². The standard InChI is InChI=1S/C55H39N/c1-55(2)51-23-12-11-22-49(51)54-52(55)24-13-25-53(54)56(40-30-28-37(29-31-40)39-27-26-36-14-3-4-15-38(36)34-39)41-32-33-48-46-20-8-7-18-44(46)42-16-5-6-17-43(42)45-19-9-10-21-47(45)50(48)35-41/h3-35H,1-2H3. The van der Waals surface area contributed by atoms with Gasteiger partial charge in [0.1, 0.15) is 0 Å². The average Bonchev–Trinajstić information content (AvgIpc) is 3.49. The minimum absolute atomic E-state index is 0.115. The molecule has 0 saturated heterocycles. The second kappa shape index (κ2) is 12.5. The predicted molar refractivity (Wildman–Crippen MR) is 237 cm³/mol. The second-order valence-electron chi connectivity index (χ2n) is 15.7. The van der Waals surface area contributed by atoms with E-state index >= 15 is 0 Å². The van der Waals surface area contributed by atoms with E-state index in [9.17, 15) is 0 Å². The molecular formula is C55H39N. The molecule has 1 nitrogen and oxygen atoms in total. The summed E-state index contributed by atoms with van der Waals surface area (Å²) in [7, 11) is 0. The molecule has 0 radical (unpaired) electrons. The molecule has 1 heteroatoms. The van der Waals surface area contributed by atoms with Crippen molar-refractivity contribution in [2.75, 3.05) is 4.90 Å². The van der Waals surface area contributed by atoms with Crippen LogP contribution in [0.2, 0.25) is 0 Å². The van der Waals surface area contributed by atoms with E-state index in [-0.39, 0.29) is 5.41 Å². The molecule has 0 aromatic heterocycles. The Bertz CT molecular complexity index is 3000. The smallest absolute Gasteiger partial charge is 0.0543 e. The highest BCUT2D eigenvalue weighted by Gasteiger charge is 2.38. The third-order valence-electron chi connectivity index (χ3n) is 12.2. The highest BCUT2D eigenvalue weighted by molar-refractivity contribution is 6.05. The van der Waals surface area contributed by atoms with Gasteiger partial charge >= 0.3 is 0 Å². The van der Waals surface area contributed by atoms with Crippen LogP contribution in [0.5, 0.6) is 0 Å². The maximum absolute atomic E-state index is 2.49. The van der Waals surface area contributed by atoms with E-state index in [1.165, 1.54) is 94.3 Å². The Morgan fingerprint density at radius 1 is 0.321 bits per heavy atom. The van der Waals surface area contributed by atoms with Gasteiger partial charge in [-0.2, -0.15) is 0 Å². The normalized spacial score (nSPS) is 13.0. The second-order valence-corrected chi connectivity index (χ2v) is 15.7. The fourth-order valence-electron chi connectivity index (χ4n) is 9.51. The van der Waals surface area contributed by atoms with Crippen LogP contribution in [-0.4, -0.2) is 0 Å². The molecular weight excluding hydrogens is 675 g/mol. The average molecular weight is 714 g/mol. The van der Waals surface area contributed by atoms with Crippen LogP contribution in [0.25, 0.3) is 77.5 Å². The Balaban J connectivity index is 1.15. The van der Waals surface area contributed by atoms with Crippen LogP contribution in [0.3, 0.4) is 0 Å². The molecule has 0 bridgehead atoms. The van der Waals surface area contributed by atoms with E-state index in [4.69, 9.17) is 0 Å². The third kappa shape index (κ3) is 4.94. The fourth-order valence-corrected chi connectivity index (χ4v) is 9.51. The van der Waals surface area contributed by atoms with Gasteiger partial charge in [0.15, 0.2) is 0 Å².